The minimum atomic E-state index is -1.43. The quantitative estimate of drug-likeness (QED) is 0.143. The predicted molar refractivity (Wildman–Crippen MR) is 129 cm³/mol. The van der Waals surface area contributed by atoms with Crippen molar-refractivity contribution >= 4 is 51.7 Å². The number of aryl methyl sites for hydroxylation is 1. The zero-order chi connectivity index (χ0) is 25.4. The fourth-order valence-electron chi connectivity index (χ4n) is 4.22. The van der Waals surface area contributed by atoms with E-state index >= 15 is 0 Å². The average Bonchev–Trinajstić information content (AvgIpc) is 3.61. The highest BCUT2D eigenvalue weighted by molar-refractivity contribution is 8.00. The summed E-state index contributed by atoms with van der Waals surface area (Å²) in [6.07, 6.45) is 8.75. The van der Waals surface area contributed by atoms with Crippen molar-refractivity contribution in [2.75, 3.05) is 11.5 Å². The number of β-lactam (4-membered cyclic amide) rings is 1. The molecule has 4 heterocycles. The van der Waals surface area contributed by atoms with Gasteiger partial charge in [-0.3, -0.25) is 14.5 Å². The van der Waals surface area contributed by atoms with Gasteiger partial charge in [0, 0.05) is 30.0 Å². The van der Waals surface area contributed by atoms with Crippen molar-refractivity contribution in [2.45, 2.75) is 36.9 Å². The number of carbonyl (C=O) groups excluding carboxylic acids is 3. The summed E-state index contributed by atoms with van der Waals surface area (Å²) in [6.45, 7) is 0.294. The maximum Gasteiger partial charge on any atom is 0.276 e. The third-order valence-electron chi connectivity index (χ3n) is 6.08. The highest BCUT2D eigenvalue weighted by Gasteiger charge is 2.53. The summed E-state index contributed by atoms with van der Waals surface area (Å²) in [5.74, 6) is -2.26. The zero-order valence-electron chi connectivity index (χ0n) is 19.2. The second-order valence-corrected chi connectivity index (χ2v) is 10.4. The molecule has 1 aliphatic carbocycles. The summed E-state index contributed by atoms with van der Waals surface area (Å²) in [7, 11) is 1.83. The Hall–Kier alpha value is -3.65. The van der Waals surface area contributed by atoms with Crippen LogP contribution in [0.5, 0.6) is 0 Å². The number of thioether (sulfide) groups is 1. The molecule has 3 aliphatic rings. The third kappa shape index (κ3) is 4.48. The molecule has 2 aromatic rings. The number of nitrogens with one attached hydrogen (secondary N) is 1. The molecule has 14 heteroatoms. The van der Waals surface area contributed by atoms with Gasteiger partial charge in [0.1, 0.15) is 29.8 Å². The lowest BCUT2D eigenvalue weighted by atomic mass is 10.0. The molecule has 0 spiro atoms. The molecule has 12 nitrogen and oxygen atoms in total. The van der Waals surface area contributed by atoms with Gasteiger partial charge in [-0.1, -0.05) is 17.3 Å². The van der Waals surface area contributed by atoms with E-state index in [9.17, 15) is 19.5 Å². The molecule has 2 atom stereocenters. The van der Waals surface area contributed by atoms with Gasteiger partial charge in [0.25, 0.3) is 11.8 Å². The van der Waals surface area contributed by atoms with Crippen LogP contribution in [-0.2, 0) is 32.8 Å². The Morgan fingerprint density at radius 1 is 1.39 bits per heavy atom. The highest BCUT2D eigenvalue weighted by Crippen LogP contribution is 2.40. The summed E-state index contributed by atoms with van der Waals surface area (Å²) >= 11 is 2.52. The second kappa shape index (κ2) is 9.78. The number of anilines is 1. The minimum absolute atomic E-state index is 0.0987. The van der Waals surface area contributed by atoms with Gasteiger partial charge in [-0.2, -0.15) is 4.68 Å². The summed E-state index contributed by atoms with van der Waals surface area (Å²) < 4.78 is 3.64. The number of rotatable bonds is 8. The van der Waals surface area contributed by atoms with E-state index in [-0.39, 0.29) is 28.3 Å². The number of aromatic nitrogens is 3. The summed E-state index contributed by atoms with van der Waals surface area (Å²) in [5, 5.41) is 20.0. The number of nitrogens with two attached hydrogens (primary N) is 1. The van der Waals surface area contributed by atoms with Crippen molar-refractivity contribution in [1.82, 2.24) is 19.9 Å². The van der Waals surface area contributed by atoms with Gasteiger partial charge in [-0.15, -0.1) is 27.8 Å². The molecule has 3 N–H and O–H groups in total. The highest BCUT2D eigenvalue weighted by atomic mass is 32.2. The molecule has 1 fully saturated rings. The number of nitrogens with zero attached hydrogens (tertiary/aromatic N) is 5. The van der Waals surface area contributed by atoms with Crippen LogP contribution in [0.25, 0.3) is 0 Å². The molecular formula is C22H23N7O5S2. The van der Waals surface area contributed by atoms with E-state index in [0.717, 1.165) is 11.3 Å². The number of thiazole rings is 1. The Morgan fingerprint density at radius 3 is 2.81 bits per heavy atom. The maximum atomic E-state index is 13.2. The van der Waals surface area contributed by atoms with Gasteiger partial charge in [-0.25, -0.2) is 4.98 Å². The number of oxime groups is 1. The molecule has 0 aromatic carbocycles. The summed E-state index contributed by atoms with van der Waals surface area (Å²) in [5.41, 5.74) is 6.27. The van der Waals surface area contributed by atoms with Crippen LogP contribution in [0.1, 0.15) is 18.5 Å². The van der Waals surface area contributed by atoms with Crippen molar-refractivity contribution in [3.05, 3.63) is 53.0 Å². The van der Waals surface area contributed by atoms with Gasteiger partial charge >= 0.3 is 0 Å². The Morgan fingerprint density at radius 2 is 2.17 bits per heavy atom. The predicted octanol–water partition coefficient (Wildman–Crippen LogP) is -1.11. The topological polar surface area (TPSA) is 159 Å². The Kier molecular flexibility index (Phi) is 6.53. The Balaban J connectivity index is 1.34. The fraction of sp³-hybridized carbons (Fsp3) is 0.364. The SMILES string of the molecule is C[n+]1cccn1CC1=C(C(=O)[O-])N2C(=O)[C@@H](NC(=O)C(=NOC3CC=CC3)c3csc(N)n3)[C@H]2SC1. The molecule has 188 valence electrons. The standard InChI is InChI=1S/C22H23N7O5S2/c1-27-7-4-8-28(27)9-12-10-35-20-16(19(31)29(20)17(12)21(32)33)25-18(30)15(14-11-36-22(23)24-14)26-34-13-5-2-3-6-13/h2-4,7-8,11,13,16,20H,5-6,9-10H2,1H3,(H3-,23,24,25,30,32,33)/t16-,20-/m1/s1. The molecule has 5 rings (SSSR count). The number of carbonyl (C=O) groups is 3. The van der Waals surface area contributed by atoms with Crippen LogP contribution in [0.4, 0.5) is 5.13 Å². The average molecular weight is 530 g/mol. The van der Waals surface area contributed by atoms with Crippen LogP contribution in [0.2, 0.25) is 0 Å². The van der Waals surface area contributed by atoms with Crippen LogP contribution >= 0.6 is 23.1 Å². The van der Waals surface area contributed by atoms with E-state index in [1.165, 1.54) is 16.7 Å². The smallest absolute Gasteiger partial charge is 0.276 e. The molecule has 0 saturated carbocycles. The normalized spacial score (nSPS) is 22.0. The number of hydrogen-bond acceptors (Lipinski definition) is 10. The van der Waals surface area contributed by atoms with Crippen LogP contribution in [-0.4, -0.2) is 61.3 Å². The largest absolute Gasteiger partial charge is 0.543 e. The summed E-state index contributed by atoms with van der Waals surface area (Å²) in [4.78, 5) is 49.1. The number of carboxylic acids is 1. The lowest BCUT2D eigenvalue weighted by molar-refractivity contribution is -0.752. The monoisotopic (exact) mass is 529 g/mol. The Bertz CT molecular complexity index is 1310. The van der Waals surface area contributed by atoms with E-state index < -0.39 is 29.2 Å². The van der Waals surface area contributed by atoms with Crippen molar-refractivity contribution in [2.24, 2.45) is 12.2 Å². The first-order valence-corrected chi connectivity index (χ1v) is 13.1. The molecule has 2 amide bonds. The fourth-order valence-corrected chi connectivity index (χ4v) is 6.11. The maximum absolute atomic E-state index is 13.2. The van der Waals surface area contributed by atoms with E-state index in [1.807, 2.05) is 47.0 Å². The van der Waals surface area contributed by atoms with E-state index in [0.29, 0.717) is 30.7 Å². The van der Waals surface area contributed by atoms with Gasteiger partial charge in [0.2, 0.25) is 0 Å². The zero-order valence-corrected chi connectivity index (χ0v) is 20.8. The van der Waals surface area contributed by atoms with Crippen molar-refractivity contribution in [3.63, 3.8) is 0 Å². The number of nitrogen functional groups attached to an aromatic ring is 1. The molecule has 2 aromatic heterocycles. The van der Waals surface area contributed by atoms with Crippen molar-refractivity contribution < 1.29 is 29.0 Å². The molecule has 36 heavy (non-hydrogen) atoms. The number of aliphatic carboxylic acids is 1. The van der Waals surface area contributed by atoms with E-state index in [4.69, 9.17) is 10.6 Å². The number of amides is 2. The van der Waals surface area contributed by atoms with Gasteiger partial charge in [0.15, 0.2) is 24.1 Å². The first-order valence-electron chi connectivity index (χ1n) is 11.1. The second-order valence-electron chi connectivity index (χ2n) is 8.44. The van der Waals surface area contributed by atoms with Gasteiger partial charge in [-0.05, 0) is 5.57 Å². The molecule has 0 unspecified atom stereocenters. The van der Waals surface area contributed by atoms with Crippen LogP contribution in [0.3, 0.4) is 0 Å². The lowest BCUT2D eigenvalue weighted by Gasteiger charge is -2.50. The van der Waals surface area contributed by atoms with Crippen LogP contribution < -0.4 is 20.8 Å². The van der Waals surface area contributed by atoms with Crippen LogP contribution in [0, 0.1) is 0 Å². The molecule has 0 radical (unpaired) electrons. The summed E-state index contributed by atoms with van der Waals surface area (Å²) in [6, 6.07) is 0.899. The first-order chi connectivity index (χ1) is 17.3. The minimum Gasteiger partial charge on any atom is -0.543 e. The molecular weight excluding hydrogens is 506 g/mol. The number of fused-ring (bicyclic) bond motifs is 1. The number of hydrogen-bond donors (Lipinski definition) is 2. The van der Waals surface area contributed by atoms with Gasteiger partial charge in [0.05, 0.1) is 17.9 Å². The molecule has 1 saturated heterocycles. The van der Waals surface area contributed by atoms with Crippen LogP contribution in [0.15, 0.2) is 52.4 Å². The van der Waals surface area contributed by atoms with Crippen molar-refractivity contribution in [3.8, 4) is 0 Å². The number of carboxylic acid groups (broad SMARTS) is 1. The first kappa shape index (κ1) is 24.1. The lowest BCUT2D eigenvalue weighted by Crippen LogP contribution is -2.71. The Labute approximate surface area is 214 Å². The van der Waals surface area contributed by atoms with E-state index in [2.05, 4.69) is 15.5 Å². The molecule has 0 bridgehead atoms. The third-order valence-corrected chi connectivity index (χ3v) is 8.10. The van der Waals surface area contributed by atoms with Gasteiger partial charge < -0.3 is 25.8 Å². The van der Waals surface area contributed by atoms with Crippen molar-refractivity contribution in [1.29, 1.82) is 0 Å². The molecule has 2 aliphatic heterocycles. The van der Waals surface area contributed by atoms with E-state index in [1.54, 1.807) is 5.38 Å².